The van der Waals surface area contributed by atoms with Crippen LogP contribution in [0.4, 0.5) is 5.69 Å². The summed E-state index contributed by atoms with van der Waals surface area (Å²) in [5, 5.41) is 0.660. The number of hydrogen-bond acceptors (Lipinski definition) is 4. The Balaban J connectivity index is 2.38. The molecule has 3 nitrogen and oxygen atoms in total. The van der Waals surface area contributed by atoms with Crippen molar-refractivity contribution in [2.75, 3.05) is 31.0 Å². The lowest BCUT2D eigenvalue weighted by Crippen LogP contribution is -2.08. The van der Waals surface area contributed by atoms with Gasteiger partial charge in [0, 0.05) is 26.2 Å². The van der Waals surface area contributed by atoms with Crippen molar-refractivity contribution in [3.8, 4) is 11.5 Å². The Morgan fingerprint density at radius 3 is 2.75 bits per heavy atom. The van der Waals surface area contributed by atoms with E-state index in [-0.39, 0.29) is 0 Å². The van der Waals surface area contributed by atoms with E-state index < -0.39 is 0 Å². The second kappa shape index (κ2) is 6.55. The summed E-state index contributed by atoms with van der Waals surface area (Å²) in [7, 11) is 4.00. The summed E-state index contributed by atoms with van der Waals surface area (Å²) in [6.45, 7) is 1.95. The molecule has 0 N–H and O–H groups in total. The van der Waals surface area contributed by atoms with Crippen LogP contribution in [0.1, 0.15) is 11.5 Å². The highest BCUT2D eigenvalue weighted by atomic mass is 35.5. The Hall–Kier alpha value is -1.13. The molecule has 0 amide bonds. The molecule has 0 spiro atoms. The van der Waals surface area contributed by atoms with Crippen LogP contribution >= 0.6 is 23.4 Å². The summed E-state index contributed by atoms with van der Waals surface area (Å²) in [5.74, 6) is 2.52. The molecule has 0 aliphatic rings. The summed E-state index contributed by atoms with van der Waals surface area (Å²) in [6.07, 6.45) is 3.01. The van der Waals surface area contributed by atoms with Gasteiger partial charge in [0.1, 0.15) is 5.76 Å². The molecule has 0 aliphatic carbocycles. The zero-order valence-corrected chi connectivity index (χ0v) is 13.8. The first-order chi connectivity index (χ1) is 9.52. The zero-order chi connectivity index (χ0) is 14.7. The van der Waals surface area contributed by atoms with Crippen molar-refractivity contribution >= 4 is 29.1 Å². The highest BCUT2D eigenvalue weighted by Gasteiger charge is 2.14. The van der Waals surface area contributed by atoms with Gasteiger partial charge in [0.05, 0.1) is 16.3 Å². The molecule has 0 bridgehead atoms. The van der Waals surface area contributed by atoms with Gasteiger partial charge in [-0.2, -0.15) is 11.8 Å². The van der Waals surface area contributed by atoms with E-state index in [1.54, 1.807) is 11.8 Å². The fourth-order valence-electron chi connectivity index (χ4n) is 1.93. The predicted octanol–water partition coefficient (Wildman–Crippen LogP) is 4.27. The van der Waals surface area contributed by atoms with Gasteiger partial charge in [-0.25, -0.2) is 4.98 Å². The maximum Gasteiger partial charge on any atom is 0.228 e. The maximum absolute atomic E-state index is 6.28. The fraction of sp³-hybridized carbons (Fsp3) is 0.400. The standard InChI is InChI=1S/C15H19ClN2OS/c1-10-14(7-8-20-4)17-15(19-10)12-9-11(18(2)3)5-6-13(12)16/h5-6,9H,7-8H2,1-4H3. The number of benzene rings is 1. The van der Waals surface area contributed by atoms with Crippen LogP contribution in [0.5, 0.6) is 0 Å². The second-order valence-electron chi connectivity index (χ2n) is 4.82. The Bertz CT molecular complexity index is 596. The monoisotopic (exact) mass is 310 g/mol. The van der Waals surface area contributed by atoms with E-state index in [4.69, 9.17) is 16.0 Å². The van der Waals surface area contributed by atoms with Crippen LogP contribution < -0.4 is 4.90 Å². The summed E-state index contributed by atoms with van der Waals surface area (Å²) in [6, 6.07) is 5.87. The first-order valence-electron chi connectivity index (χ1n) is 6.45. The van der Waals surface area contributed by atoms with Crippen molar-refractivity contribution in [3.05, 3.63) is 34.7 Å². The van der Waals surface area contributed by atoms with E-state index in [1.807, 2.05) is 44.1 Å². The number of aromatic nitrogens is 1. The van der Waals surface area contributed by atoms with Crippen molar-refractivity contribution < 1.29 is 4.42 Å². The highest BCUT2D eigenvalue weighted by molar-refractivity contribution is 7.98. The SMILES string of the molecule is CSCCc1nc(-c2cc(N(C)C)ccc2Cl)oc1C. The molecular weight excluding hydrogens is 292 g/mol. The molecule has 2 aromatic rings. The Labute approximate surface area is 129 Å². The van der Waals surface area contributed by atoms with E-state index >= 15 is 0 Å². The van der Waals surface area contributed by atoms with Gasteiger partial charge >= 0.3 is 0 Å². The molecular formula is C15H19ClN2OS. The van der Waals surface area contributed by atoms with Gasteiger partial charge in [0.15, 0.2) is 0 Å². The number of aryl methyl sites for hydroxylation is 2. The van der Waals surface area contributed by atoms with Gasteiger partial charge in [-0.05, 0) is 37.1 Å². The van der Waals surface area contributed by atoms with Gasteiger partial charge in [-0.3, -0.25) is 0 Å². The third-order valence-electron chi connectivity index (χ3n) is 3.13. The van der Waals surface area contributed by atoms with Gasteiger partial charge in [-0.15, -0.1) is 0 Å². The van der Waals surface area contributed by atoms with Crippen molar-refractivity contribution in [2.45, 2.75) is 13.3 Å². The van der Waals surface area contributed by atoms with E-state index in [9.17, 15) is 0 Å². The summed E-state index contributed by atoms with van der Waals surface area (Å²) < 4.78 is 5.79. The quantitative estimate of drug-likeness (QED) is 0.824. The van der Waals surface area contributed by atoms with Crippen LogP contribution in [0.3, 0.4) is 0 Å². The third kappa shape index (κ3) is 3.30. The van der Waals surface area contributed by atoms with E-state index in [1.165, 1.54) is 0 Å². The Morgan fingerprint density at radius 2 is 2.10 bits per heavy atom. The topological polar surface area (TPSA) is 29.3 Å². The molecule has 0 saturated carbocycles. The third-order valence-corrected chi connectivity index (χ3v) is 4.07. The number of thioether (sulfide) groups is 1. The molecule has 1 aromatic heterocycles. The smallest absolute Gasteiger partial charge is 0.228 e. The van der Waals surface area contributed by atoms with Gasteiger partial charge in [0.25, 0.3) is 0 Å². The molecule has 0 aliphatic heterocycles. The molecule has 1 aromatic carbocycles. The number of oxazole rings is 1. The molecule has 0 fully saturated rings. The minimum absolute atomic E-state index is 0.604. The molecule has 1 heterocycles. The number of hydrogen-bond donors (Lipinski definition) is 0. The molecule has 20 heavy (non-hydrogen) atoms. The van der Waals surface area contributed by atoms with Crippen LogP contribution in [0, 0.1) is 6.92 Å². The average molecular weight is 311 g/mol. The van der Waals surface area contributed by atoms with Crippen LogP contribution in [-0.4, -0.2) is 31.1 Å². The molecule has 108 valence electrons. The lowest BCUT2D eigenvalue weighted by Gasteiger charge is -2.13. The number of rotatable bonds is 5. The highest BCUT2D eigenvalue weighted by Crippen LogP contribution is 2.32. The summed E-state index contributed by atoms with van der Waals surface area (Å²) in [5.41, 5.74) is 2.93. The molecule has 0 saturated heterocycles. The van der Waals surface area contributed by atoms with Crippen LogP contribution in [0.2, 0.25) is 5.02 Å². The van der Waals surface area contributed by atoms with E-state index in [0.717, 1.165) is 34.9 Å². The number of anilines is 1. The first-order valence-corrected chi connectivity index (χ1v) is 8.22. The predicted molar refractivity (Wildman–Crippen MR) is 88.1 cm³/mol. The Morgan fingerprint density at radius 1 is 1.35 bits per heavy atom. The summed E-state index contributed by atoms with van der Waals surface area (Å²) >= 11 is 8.08. The second-order valence-corrected chi connectivity index (χ2v) is 6.22. The lowest BCUT2D eigenvalue weighted by atomic mass is 10.2. The molecule has 0 radical (unpaired) electrons. The minimum Gasteiger partial charge on any atom is -0.441 e. The normalized spacial score (nSPS) is 10.8. The minimum atomic E-state index is 0.604. The van der Waals surface area contributed by atoms with Crippen molar-refractivity contribution in [1.29, 1.82) is 0 Å². The summed E-state index contributed by atoms with van der Waals surface area (Å²) in [4.78, 5) is 6.63. The van der Waals surface area contributed by atoms with E-state index in [0.29, 0.717) is 10.9 Å². The molecule has 0 unspecified atom stereocenters. The zero-order valence-electron chi connectivity index (χ0n) is 12.2. The van der Waals surface area contributed by atoms with Crippen molar-refractivity contribution in [1.82, 2.24) is 4.98 Å². The largest absolute Gasteiger partial charge is 0.441 e. The van der Waals surface area contributed by atoms with Crippen LogP contribution in [-0.2, 0) is 6.42 Å². The number of nitrogens with zero attached hydrogens (tertiary/aromatic N) is 2. The van der Waals surface area contributed by atoms with Gasteiger partial charge in [-0.1, -0.05) is 11.6 Å². The Kier molecular flexibility index (Phi) is 5.00. The van der Waals surface area contributed by atoms with Gasteiger partial charge in [0.2, 0.25) is 5.89 Å². The van der Waals surface area contributed by atoms with Gasteiger partial charge < -0.3 is 9.32 Å². The first kappa shape index (κ1) is 15.3. The molecule has 5 heteroatoms. The van der Waals surface area contributed by atoms with Crippen molar-refractivity contribution in [3.63, 3.8) is 0 Å². The van der Waals surface area contributed by atoms with Crippen LogP contribution in [0.15, 0.2) is 22.6 Å². The van der Waals surface area contributed by atoms with Crippen molar-refractivity contribution in [2.24, 2.45) is 0 Å². The van der Waals surface area contributed by atoms with Crippen LogP contribution in [0.25, 0.3) is 11.5 Å². The molecule has 2 rings (SSSR count). The van der Waals surface area contributed by atoms with E-state index in [2.05, 4.69) is 11.2 Å². The molecule has 0 atom stereocenters. The average Bonchev–Trinajstić information content (AvgIpc) is 2.77. The lowest BCUT2D eigenvalue weighted by molar-refractivity contribution is 0.540. The maximum atomic E-state index is 6.28. The fourth-order valence-corrected chi connectivity index (χ4v) is 2.53. The number of halogens is 1.